The van der Waals surface area contributed by atoms with Crippen molar-refractivity contribution in [3.05, 3.63) is 200 Å². The summed E-state index contributed by atoms with van der Waals surface area (Å²) in [4.78, 5) is 15.7. The molecule has 0 atom stereocenters. The molecule has 0 aliphatic carbocycles. The van der Waals surface area contributed by atoms with Crippen molar-refractivity contribution in [2.75, 3.05) is 0 Å². The van der Waals surface area contributed by atoms with Crippen LogP contribution in [0.25, 0.3) is 122 Å². The van der Waals surface area contributed by atoms with Gasteiger partial charge in [0.25, 0.3) is 0 Å². The summed E-state index contributed by atoms with van der Waals surface area (Å²) in [7, 11) is 0. The summed E-state index contributed by atoms with van der Waals surface area (Å²) in [5, 5.41) is 6.48. The second-order valence-electron chi connectivity index (χ2n) is 15.1. The second-order valence-corrected chi connectivity index (χ2v) is 15.1. The molecule has 9 aromatic carbocycles. The van der Waals surface area contributed by atoms with Crippen LogP contribution in [0.2, 0.25) is 0 Å². The minimum Gasteiger partial charge on any atom is -0.456 e. The largest absolute Gasteiger partial charge is 0.456 e. The third kappa shape index (κ3) is 5.59. The van der Waals surface area contributed by atoms with Crippen LogP contribution in [0.5, 0.6) is 0 Å². The van der Waals surface area contributed by atoms with Crippen LogP contribution in [0.4, 0.5) is 0 Å². The van der Waals surface area contributed by atoms with Gasteiger partial charge in [0.05, 0.1) is 5.56 Å². The van der Waals surface area contributed by atoms with Crippen molar-refractivity contribution in [3.8, 4) is 67.5 Å². The maximum absolute atomic E-state index is 6.67. The first-order valence-electron chi connectivity index (χ1n) is 20.1. The first-order chi connectivity index (χ1) is 29.7. The first-order valence-corrected chi connectivity index (χ1v) is 20.1. The fraction of sp³-hybridized carbons (Fsp3) is 0. The number of hydrogen-bond acceptors (Lipinski definition) is 5. The van der Waals surface area contributed by atoms with Gasteiger partial charge in [-0.25, -0.2) is 15.0 Å². The molecule has 3 heterocycles. The number of rotatable bonds is 6. The molecule has 0 unspecified atom stereocenters. The van der Waals surface area contributed by atoms with Crippen molar-refractivity contribution in [3.63, 3.8) is 0 Å². The quantitative estimate of drug-likeness (QED) is 0.169. The Hall–Kier alpha value is -8.15. The molecule has 0 N–H and O–H groups in total. The molecule has 5 nitrogen and oxygen atoms in total. The lowest BCUT2D eigenvalue weighted by Gasteiger charge is -2.14. The van der Waals surface area contributed by atoms with Crippen LogP contribution in [0.1, 0.15) is 0 Å². The van der Waals surface area contributed by atoms with Gasteiger partial charge in [0.15, 0.2) is 17.5 Å². The van der Waals surface area contributed by atoms with E-state index in [1.165, 1.54) is 16.5 Å². The Kier molecular flexibility index (Phi) is 7.78. The SMILES string of the molecule is c1ccc(-c2ccc(-c3nc(-c4cc(-c5ccc(-c6ccccc6)c6ccccc56)c5c(c4)oc4ccccc45)nc(-c4cccc5c4oc4ccccc45)n3)cc2)cc1. The van der Waals surface area contributed by atoms with Crippen LogP contribution in [-0.4, -0.2) is 15.0 Å². The standard InChI is InChI=1S/C55H33N3O2/c1-3-14-34(15-4-1)35-26-28-37(29-27-35)53-56-54(58-55(57-53)46-23-13-22-44-43-20-9-11-24-48(43)60-52(44)46)38-32-47(51-45-21-10-12-25-49(45)59-50(51)33-38)42-31-30-39(36-16-5-2-6-17-36)40-18-7-8-19-41(40)42/h1-33H. The Balaban J connectivity index is 1.11. The normalized spacial score (nSPS) is 11.7. The van der Waals surface area contributed by atoms with Gasteiger partial charge in [0.1, 0.15) is 22.3 Å². The fourth-order valence-electron chi connectivity index (χ4n) is 8.72. The Morgan fingerprint density at radius 2 is 0.800 bits per heavy atom. The maximum Gasteiger partial charge on any atom is 0.167 e. The summed E-state index contributed by atoms with van der Waals surface area (Å²) in [5.74, 6) is 1.62. The number of benzene rings is 9. The Labute approximate surface area is 344 Å². The van der Waals surface area contributed by atoms with Gasteiger partial charge in [-0.1, -0.05) is 170 Å². The highest BCUT2D eigenvalue weighted by molar-refractivity contribution is 6.17. The van der Waals surface area contributed by atoms with Crippen molar-refractivity contribution in [2.45, 2.75) is 0 Å². The Bertz CT molecular complexity index is 3590. The Morgan fingerprint density at radius 3 is 1.55 bits per heavy atom. The molecule has 60 heavy (non-hydrogen) atoms. The molecule has 0 saturated heterocycles. The lowest BCUT2D eigenvalue weighted by Crippen LogP contribution is -2.01. The molecule has 0 saturated carbocycles. The zero-order valence-corrected chi connectivity index (χ0v) is 32.2. The molecule has 0 bridgehead atoms. The summed E-state index contributed by atoms with van der Waals surface area (Å²) in [6, 6.07) is 69.3. The van der Waals surface area contributed by atoms with Crippen LogP contribution >= 0.6 is 0 Å². The van der Waals surface area contributed by atoms with Gasteiger partial charge in [-0.2, -0.15) is 0 Å². The topological polar surface area (TPSA) is 65.0 Å². The molecular weight excluding hydrogens is 735 g/mol. The summed E-state index contributed by atoms with van der Waals surface area (Å²) >= 11 is 0. The first kappa shape index (κ1) is 33.9. The van der Waals surface area contributed by atoms with E-state index in [1.807, 2.05) is 48.5 Å². The van der Waals surface area contributed by atoms with Crippen LogP contribution in [0.15, 0.2) is 209 Å². The molecule has 0 radical (unpaired) electrons. The van der Waals surface area contributed by atoms with Crippen molar-refractivity contribution in [1.29, 1.82) is 0 Å². The molecule has 5 heteroatoms. The number of furan rings is 2. The Morgan fingerprint density at radius 1 is 0.267 bits per heavy atom. The highest BCUT2D eigenvalue weighted by Crippen LogP contribution is 2.44. The second kappa shape index (κ2) is 13.8. The molecule has 280 valence electrons. The molecule has 12 rings (SSSR count). The molecule has 12 aromatic rings. The summed E-state index contributed by atoms with van der Waals surface area (Å²) in [6.45, 7) is 0. The lowest BCUT2D eigenvalue weighted by atomic mass is 9.89. The predicted molar refractivity (Wildman–Crippen MR) is 245 cm³/mol. The van der Waals surface area contributed by atoms with Gasteiger partial charge in [-0.15, -0.1) is 0 Å². The van der Waals surface area contributed by atoms with Gasteiger partial charge in [0.2, 0.25) is 0 Å². The molecule has 0 amide bonds. The van der Waals surface area contributed by atoms with E-state index in [1.54, 1.807) is 0 Å². The lowest BCUT2D eigenvalue weighted by molar-refractivity contribution is 0.668. The van der Waals surface area contributed by atoms with Crippen molar-refractivity contribution >= 4 is 54.6 Å². The van der Waals surface area contributed by atoms with E-state index >= 15 is 0 Å². The van der Waals surface area contributed by atoms with Gasteiger partial charge in [-0.3, -0.25) is 0 Å². The number of aromatic nitrogens is 3. The van der Waals surface area contributed by atoms with Crippen LogP contribution in [-0.2, 0) is 0 Å². The number of nitrogens with zero attached hydrogens (tertiary/aromatic N) is 3. The zero-order chi connectivity index (χ0) is 39.6. The smallest absolute Gasteiger partial charge is 0.167 e. The molecule has 0 aliphatic rings. The van der Waals surface area contributed by atoms with E-state index in [0.717, 1.165) is 88.2 Å². The van der Waals surface area contributed by atoms with E-state index in [9.17, 15) is 0 Å². The van der Waals surface area contributed by atoms with Crippen LogP contribution in [0.3, 0.4) is 0 Å². The van der Waals surface area contributed by atoms with Gasteiger partial charge in [0, 0.05) is 32.7 Å². The third-order valence-corrected chi connectivity index (χ3v) is 11.6. The zero-order valence-electron chi connectivity index (χ0n) is 32.2. The monoisotopic (exact) mass is 767 g/mol. The van der Waals surface area contributed by atoms with Crippen molar-refractivity contribution in [1.82, 2.24) is 15.0 Å². The molecule has 0 spiro atoms. The van der Waals surface area contributed by atoms with E-state index < -0.39 is 0 Å². The number of para-hydroxylation sites is 3. The minimum atomic E-state index is 0.524. The highest BCUT2D eigenvalue weighted by Gasteiger charge is 2.22. The third-order valence-electron chi connectivity index (χ3n) is 11.6. The average Bonchev–Trinajstić information content (AvgIpc) is 3.90. The van der Waals surface area contributed by atoms with Crippen LogP contribution < -0.4 is 0 Å². The van der Waals surface area contributed by atoms with Gasteiger partial charge < -0.3 is 8.83 Å². The minimum absolute atomic E-state index is 0.524. The number of hydrogen-bond donors (Lipinski definition) is 0. The van der Waals surface area contributed by atoms with E-state index in [4.69, 9.17) is 23.8 Å². The van der Waals surface area contributed by atoms with Gasteiger partial charge in [-0.05, 0) is 74.5 Å². The summed E-state index contributed by atoms with van der Waals surface area (Å²) < 4.78 is 13.2. The van der Waals surface area contributed by atoms with Crippen LogP contribution in [0, 0.1) is 0 Å². The van der Waals surface area contributed by atoms with E-state index in [-0.39, 0.29) is 0 Å². The molecule has 0 aliphatic heterocycles. The highest BCUT2D eigenvalue weighted by atomic mass is 16.3. The van der Waals surface area contributed by atoms with Crippen molar-refractivity contribution < 1.29 is 8.83 Å². The molecular formula is C55H33N3O2. The van der Waals surface area contributed by atoms with E-state index in [2.05, 4.69) is 152 Å². The summed E-state index contributed by atoms with van der Waals surface area (Å²) in [6.07, 6.45) is 0. The molecule has 3 aromatic heterocycles. The number of fused-ring (bicyclic) bond motifs is 7. The fourth-order valence-corrected chi connectivity index (χ4v) is 8.72. The molecule has 0 fully saturated rings. The van der Waals surface area contributed by atoms with Crippen molar-refractivity contribution in [2.24, 2.45) is 0 Å². The average molecular weight is 768 g/mol. The van der Waals surface area contributed by atoms with Gasteiger partial charge >= 0.3 is 0 Å². The predicted octanol–water partition coefficient (Wildman–Crippen LogP) is 14.8. The van der Waals surface area contributed by atoms with E-state index in [0.29, 0.717) is 17.5 Å². The summed E-state index contributed by atoms with van der Waals surface area (Å²) in [5.41, 5.74) is 12.4. The maximum atomic E-state index is 6.67.